The van der Waals surface area contributed by atoms with Gasteiger partial charge < -0.3 is 4.42 Å². The minimum atomic E-state index is -0.298. The third kappa shape index (κ3) is 3.86. The van der Waals surface area contributed by atoms with Gasteiger partial charge >= 0.3 is 0 Å². The van der Waals surface area contributed by atoms with Crippen molar-refractivity contribution in [1.29, 1.82) is 0 Å². The standard InChI is InChI=1S/C16H27N3O2/c1-4-12-5-7-13(8-6-12)19(3)10-14-9-15(11(2)21-14)16(20)18-17/h9,12-13H,4-8,10,17H2,1-3H3,(H,18,20). The van der Waals surface area contributed by atoms with Crippen LogP contribution in [0, 0.1) is 12.8 Å². The number of rotatable bonds is 5. The van der Waals surface area contributed by atoms with Crippen LogP contribution in [0.1, 0.15) is 60.9 Å². The van der Waals surface area contributed by atoms with E-state index in [-0.39, 0.29) is 5.91 Å². The van der Waals surface area contributed by atoms with E-state index < -0.39 is 0 Å². The number of nitrogens with one attached hydrogen (secondary N) is 1. The number of amides is 1. The number of carbonyl (C=O) groups excluding carboxylic acids is 1. The fraction of sp³-hybridized carbons (Fsp3) is 0.688. The summed E-state index contributed by atoms with van der Waals surface area (Å²) in [5, 5.41) is 0. The smallest absolute Gasteiger partial charge is 0.268 e. The van der Waals surface area contributed by atoms with Crippen LogP contribution in [-0.4, -0.2) is 23.9 Å². The molecule has 0 spiro atoms. The van der Waals surface area contributed by atoms with Crippen LogP contribution in [0.15, 0.2) is 10.5 Å². The van der Waals surface area contributed by atoms with Crippen molar-refractivity contribution in [2.75, 3.05) is 7.05 Å². The molecule has 21 heavy (non-hydrogen) atoms. The molecule has 5 nitrogen and oxygen atoms in total. The minimum absolute atomic E-state index is 0.298. The van der Waals surface area contributed by atoms with Crippen molar-refractivity contribution in [3.63, 3.8) is 0 Å². The zero-order valence-electron chi connectivity index (χ0n) is 13.3. The number of hydrogen-bond acceptors (Lipinski definition) is 4. The zero-order valence-corrected chi connectivity index (χ0v) is 13.3. The summed E-state index contributed by atoms with van der Waals surface area (Å²) < 4.78 is 5.68. The molecule has 0 radical (unpaired) electrons. The normalized spacial score (nSPS) is 22.5. The summed E-state index contributed by atoms with van der Waals surface area (Å²) in [4.78, 5) is 13.9. The molecule has 1 aromatic rings. The molecular weight excluding hydrogens is 266 g/mol. The van der Waals surface area contributed by atoms with E-state index in [4.69, 9.17) is 10.3 Å². The second-order valence-electron chi connectivity index (χ2n) is 6.15. The topological polar surface area (TPSA) is 71.5 Å². The Bertz CT molecular complexity index is 476. The van der Waals surface area contributed by atoms with Gasteiger partial charge in [-0.15, -0.1) is 0 Å². The molecule has 2 rings (SSSR count). The fourth-order valence-corrected chi connectivity index (χ4v) is 3.29. The molecule has 1 aliphatic rings. The number of carbonyl (C=O) groups is 1. The first-order valence-corrected chi connectivity index (χ1v) is 7.85. The summed E-state index contributed by atoms with van der Waals surface area (Å²) >= 11 is 0. The van der Waals surface area contributed by atoms with E-state index in [0.717, 1.165) is 18.2 Å². The van der Waals surface area contributed by atoms with Gasteiger partial charge in [-0.05, 0) is 51.6 Å². The number of nitrogens with zero attached hydrogens (tertiary/aromatic N) is 1. The quantitative estimate of drug-likeness (QED) is 0.497. The SMILES string of the molecule is CCC1CCC(N(C)Cc2cc(C(=O)NN)c(C)o2)CC1. The summed E-state index contributed by atoms with van der Waals surface area (Å²) in [6.07, 6.45) is 6.45. The van der Waals surface area contributed by atoms with Gasteiger partial charge in [0.1, 0.15) is 11.5 Å². The fourth-order valence-electron chi connectivity index (χ4n) is 3.29. The Kier molecular flexibility index (Phi) is 5.42. The summed E-state index contributed by atoms with van der Waals surface area (Å²) in [5.74, 6) is 7.23. The third-order valence-electron chi connectivity index (χ3n) is 4.77. The van der Waals surface area contributed by atoms with Gasteiger partial charge in [0, 0.05) is 6.04 Å². The average molecular weight is 293 g/mol. The molecule has 1 amide bonds. The number of furan rings is 1. The highest BCUT2D eigenvalue weighted by Gasteiger charge is 2.24. The molecule has 0 aliphatic heterocycles. The average Bonchev–Trinajstić information content (AvgIpc) is 2.87. The van der Waals surface area contributed by atoms with Crippen LogP contribution in [0.3, 0.4) is 0 Å². The third-order valence-corrected chi connectivity index (χ3v) is 4.77. The summed E-state index contributed by atoms with van der Waals surface area (Å²) in [6.45, 7) is 4.81. The highest BCUT2D eigenvalue weighted by atomic mass is 16.3. The lowest BCUT2D eigenvalue weighted by Crippen LogP contribution is -2.34. The van der Waals surface area contributed by atoms with Gasteiger partial charge in [-0.3, -0.25) is 15.1 Å². The largest absolute Gasteiger partial charge is 0.464 e. The van der Waals surface area contributed by atoms with Gasteiger partial charge in [-0.25, -0.2) is 5.84 Å². The lowest BCUT2D eigenvalue weighted by atomic mass is 9.84. The molecule has 1 fully saturated rings. The van der Waals surface area contributed by atoms with E-state index in [1.165, 1.54) is 32.1 Å². The maximum absolute atomic E-state index is 11.6. The van der Waals surface area contributed by atoms with E-state index in [0.29, 0.717) is 17.4 Å². The Morgan fingerprint density at radius 3 is 2.67 bits per heavy atom. The molecule has 0 aromatic carbocycles. The van der Waals surface area contributed by atoms with E-state index in [2.05, 4.69) is 24.3 Å². The minimum Gasteiger partial charge on any atom is -0.464 e. The number of hydrogen-bond donors (Lipinski definition) is 2. The van der Waals surface area contributed by atoms with Crippen LogP contribution in [0.2, 0.25) is 0 Å². The van der Waals surface area contributed by atoms with Crippen LogP contribution in [0.25, 0.3) is 0 Å². The predicted molar refractivity (Wildman–Crippen MR) is 82.6 cm³/mol. The van der Waals surface area contributed by atoms with E-state index in [1.807, 2.05) is 0 Å². The second-order valence-corrected chi connectivity index (χ2v) is 6.15. The molecule has 0 saturated heterocycles. The Balaban J connectivity index is 1.94. The van der Waals surface area contributed by atoms with Crippen LogP contribution >= 0.6 is 0 Å². The van der Waals surface area contributed by atoms with Gasteiger partial charge in [-0.2, -0.15) is 0 Å². The van der Waals surface area contributed by atoms with E-state index >= 15 is 0 Å². The van der Waals surface area contributed by atoms with Gasteiger partial charge in [0.2, 0.25) is 0 Å². The molecule has 1 saturated carbocycles. The Hall–Kier alpha value is -1.33. The molecule has 5 heteroatoms. The lowest BCUT2D eigenvalue weighted by Gasteiger charge is -2.34. The molecule has 3 N–H and O–H groups in total. The molecular formula is C16H27N3O2. The van der Waals surface area contributed by atoms with Crippen molar-refractivity contribution in [2.24, 2.45) is 11.8 Å². The van der Waals surface area contributed by atoms with Gasteiger partial charge in [0.15, 0.2) is 0 Å². The second kappa shape index (κ2) is 7.09. The van der Waals surface area contributed by atoms with Gasteiger partial charge in [-0.1, -0.05) is 13.3 Å². The van der Waals surface area contributed by atoms with E-state index in [1.54, 1.807) is 13.0 Å². The first kappa shape index (κ1) is 16.0. The van der Waals surface area contributed by atoms with Crippen molar-refractivity contribution >= 4 is 5.91 Å². The summed E-state index contributed by atoms with van der Waals surface area (Å²) in [5.41, 5.74) is 2.67. The first-order chi connectivity index (χ1) is 10.0. The Morgan fingerprint density at radius 1 is 1.43 bits per heavy atom. The number of hydrazine groups is 1. The monoisotopic (exact) mass is 293 g/mol. The van der Waals surface area contributed by atoms with Crippen molar-refractivity contribution in [3.05, 3.63) is 23.2 Å². The molecule has 1 aliphatic carbocycles. The molecule has 1 heterocycles. The molecule has 118 valence electrons. The van der Waals surface area contributed by atoms with Gasteiger partial charge in [0.25, 0.3) is 5.91 Å². The molecule has 0 bridgehead atoms. The lowest BCUT2D eigenvalue weighted by molar-refractivity contribution is 0.0952. The van der Waals surface area contributed by atoms with Crippen molar-refractivity contribution in [1.82, 2.24) is 10.3 Å². The maximum Gasteiger partial charge on any atom is 0.268 e. The van der Waals surface area contributed by atoms with E-state index in [9.17, 15) is 4.79 Å². The highest BCUT2D eigenvalue weighted by Crippen LogP contribution is 2.29. The molecule has 0 unspecified atom stereocenters. The summed E-state index contributed by atoms with van der Waals surface area (Å²) in [6, 6.07) is 2.41. The number of aryl methyl sites for hydroxylation is 1. The predicted octanol–water partition coefficient (Wildman–Crippen LogP) is 2.59. The summed E-state index contributed by atoms with van der Waals surface area (Å²) in [7, 11) is 2.14. The van der Waals surface area contributed by atoms with Crippen LogP contribution in [0.5, 0.6) is 0 Å². The van der Waals surface area contributed by atoms with Crippen molar-refractivity contribution in [2.45, 2.75) is 58.5 Å². The van der Waals surface area contributed by atoms with Crippen LogP contribution < -0.4 is 11.3 Å². The van der Waals surface area contributed by atoms with Crippen LogP contribution in [0.4, 0.5) is 0 Å². The molecule has 1 aromatic heterocycles. The Labute approximate surface area is 126 Å². The van der Waals surface area contributed by atoms with Crippen molar-refractivity contribution in [3.8, 4) is 0 Å². The Morgan fingerprint density at radius 2 is 2.10 bits per heavy atom. The zero-order chi connectivity index (χ0) is 15.4. The first-order valence-electron chi connectivity index (χ1n) is 7.85. The van der Waals surface area contributed by atoms with Crippen molar-refractivity contribution < 1.29 is 9.21 Å². The maximum atomic E-state index is 11.6. The van der Waals surface area contributed by atoms with Crippen LogP contribution in [-0.2, 0) is 6.54 Å². The number of nitrogen functional groups attached to an aromatic ring is 1. The number of nitrogens with two attached hydrogens (primary N) is 1. The molecule has 0 atom stereocenters. The highest BCUT2D eigenvalue weighted by molar-refractivity contribution is 5.94. The van der Waals surface area contributed by atoms with Gasteiger partial charge in [0.05, 0.1) is 12.1 Å².